The van der Waals surface area contributed by atoms with Crippen molar-refractivity contribution >= 4 is 12.2 Å². The van der Waals surface area contributed by atoms with E-state index in [0.29, 0.717) is 36.7 Å². The average Bonchev–Trinajstić information content (AvgIpc) is 2.75. The highest BCUT2D eigenvalue weighted by Crippen LogP contribution is 2.28. The zero-order chi connectivity index (χ0) is 21.7. The third kappa shape index (κ3) is 5.16. The topological polar surface area (TPSA) is 59.1 Å². The van der Waals surface area contributed by atoms with Crippen LogP contribution in [0.1, 0.15) is 29.8 Å². The Bertz CT molecular complexity index is 887. The summed E-state index contributed by atoms with van der Waals surface area (Å²) in [4.78, 5) is 27.9. The Morgan fingerprint density at radius 1 is 1.10 bits per heavy atom. The van der Waals surface area contributed by atoms with Gasteiger partial charge in [0, 0.05) is 37.3 Å². The van der Waals surface area contributed by atoms with E-state index in [1.54, 1.807) is 30.3 Å². The van der Waals surface area contributed by atoms with Crippen molar-refractivity contribution in [1.29, 1.82) is 0 Å². The summed E-state index contributed by atoms with van der Waals surface area (Å²) in [6, 6.07) is 11.5. The Balaban J connectivity index is 1.60. The summed E-state index contributed by atoms with van der Waals surface area (Å²) in [6.45, 7) is 5.96. The number of nitrogens with zero attached hydrogens (tertiary/aromatic N) is 2. The van der Waals surface area contributed by atoms with E-state index in [4.69, 9.17) is 9.47 Å². The molecule has 2 aromatic carbocycles. The fraction of sp³-hybridized carbons (Fsp3) is 0.391. The smallest absolute Gasteiger partial charge is 0.260 e. The van der Waals surface area contributed by atoms with Gasteiger partial charge in [0.25, 0.3) is 5.91 Å². The van der Waals surface area contributed by atoms with Crippen LogP contribution in [-0.4, -0.2) is 60.9 Å². The zero-order valence-electron chi connectivity index (χ0n) is 17.5. The standard InChI is InChI=1S/C23H27FN2O4/c1-16-12-26(17(2)11-25(16)13-18-4-7-20(24)8-5-18)23(28)15-30-22-10-19(14-27)6-9-21(22)29-3/h4-10,14,16-17H,11-13,15H2,1-3H3/t16-,17+/m1/s1. The number of carbonyl (C=O) groups excluding carboxylic acids is 2. The van der Waals surface area contributed by atoms with Crippen molar-refractivity contribution < 1.29 is 23.5 Å². The number of halogens is 1. The molecule has 1 fully saturated rings. The van der Waals surface area contributed by atoms with E-state index in [1.807, 2.05) is 11.8 Å². The Kier molecular flexibility index (Phi) is 7.05. The van der Waals surface area contributed by atoms with E-state index >= 15 is 0 Å². The van der Waals surface area contributed by atoms with E-state index in [9.17, 15) is 14.0 Å². The molecule has 7 heteroatoms. The fourth-order valence-corrected chi connectivity index (χ4v) is 3.69. The van der Waals surface area contributed by atoms with Crippen LogP contribution in [-0.2, 0) is 11.3 Å². The Morgan fingerprint density at radius 3 is 2.50 bits per heavy atom. The molecule has 0 saturated carbocycles. The van der Waals surface area contributed by atoms with Gasteiger partial charge in [0.15, 0.2) is 18.1 Å². The van der Waals surface area contributed by atoms with Gasteiger partial charge in [-0.1, -0.05) is 12.1 Å². The summed E-state index contributed by atoms with van der Waals surface area (Å²) < 4.78 is 24.1. The number of rotatable bonds is 7. The lowest BCUT2D eigenvalue weighted by Crippen LogP contribution is -2.58. The van der Waals surface area contributed by atoms with Crippen LogP contribution in [0.2, 0.25) is 0 Å². The van der Waals surface area contributed by atoms with Gasteiger partial charge >= 0.3 is 0 Å². The lowest BCUT2D eigenvalue weighted by Gasteiger charge is -2.44. The second-order valence-electron chi connectivity index (χ2n) is 7.62. The van der Waals surface area contributed by atoms with Crippen LogP contribution >= 0.6 is 0 Å². The number of ether oxygens (including phenoxy) is 2. The lowest BCUT2D eigenvalue weighted by atomic mass is 10.1. The maximum atomic E-state index is 13.1. The molecule has 0 spiro atoms. The predicted octanol–water partition coefficient (Wildman–Crippen LogP) is 3.15. The Labute approximate surface area is 176 Å². The first-order chi connectivity index (χ1) is 14.4. The molecule has 1 heterocycles. The molecule has 1 saturated heterocycles. The molecule has 0 N–H and O–H groups in total. The summed E-state index contributed by atoms with van der Waals surface area (Å²) in [7, 11) is 1.51. The van der Waals surface area contributed by atoms with Gasteiger partial charge in [0.2, 0.25) is 0 Å². The van der Waals surface area contributed by atoms with Gasteiger partial charge in [-0.25, -0.2) is 4.39 Å². The van der Waals surface area contributed by atoms with E-state index < -0.39 is 0 Å². The predicted molar refractivity (Wildman–Crippen MR) is 111 cm³/mol. The molecular formula is C23H27FN2O4. The van der Waals surface area contributed by atoms with Crippen LogP contribution in [0.5, 0.6) is 11.5 Å². The van der Waals surface area contributed by atoms with Gasteiger partial charge in [0.05, 0.1) is 7.11 Å². The van der Waals surface area contributed by atoms with Crippen LogP contribution in [0.3, 0.4) is 0 Å². The quantitative estimate of drug-likeness (QED) is 0.652. The molecule has 0 bridgehead atoms. The van der Waals surface area contributed by atoms with Gasteiger partial charge in [-0.2, -0.15) is 0 Å². The molecule has 1 aliphatic rings. The summed E-state index contributed by atoms with van der Waals surface area (Å²) in [5.41, 5.74) is 1.50. The van der Waals surface area contributed by atoms with Crippen LogP contribution in [0.25, 0.3) is 0 Å². The van der Waals surface area contributed by atoms with E-state index in [-0.39, 0.29) is 30.4 Å². The molecule has 160 valence electrons. The van der Waals surface area contributed by atoms with Gasteiger partial charge in [0.1, 0.15) is 12.1 Å². The third-order valence-electron chi connectivity index (χ3n) is 5.41. The molecule has 6 nitrogen and oxygen atoms in total. The first-order valence-corrected chi connectivity index (χ1v) is 9.95. The molecule has 0 aliphatic carbocycles. The number of methoxy groups -OCH3 is 1. The fourth-order valence-electron chi connectivity index (χ4n) is 3.69. The van der Waals surface area contributed by atoms with Gasteiger partial charge in [-0.15, -0.1) is 0 Å². The minimum Gasteiger partial charge on any atom is -0.493 e. The van der Waals surface area contributed by atoms with Crippen molar-refractivity contribution in [2.24, 2.45) is 0 Å². The van der Waals surface area contributed by atoms with Gasteiger partial charge < -0.3 is 14.4 Å². The van der Waals surface area contributed by atoms with Crippen molar-refractivity contribution in [1.82, 2.24) is 9.80 Å². The third-order valence-corrected chi connectivity index (χ3v) is 5.41. The van der Waals surface area contributed by atoms with E-state index in [0.717, 1.165) is 11.8 Å². The lowest BCUT2D eigenvalue weighted by molar-refractivity contribution is -0.139. The number of hydrogen-bond donors (Lipinski definition) is 0. The maximum Gasteiger partial charge on any atom is 0.260 e. The molecule has 2 aromatic rings. The van der Waals surface area contributed by atoms with E-state index in [2.05, 4.69) is 11.8 Å². The SMILES string of the molecule is COc1ccc(C=O)cc1OCC(=O)N1C[C@@H](C)N(Cc2ccc(F)cc2)C[C@@H]1C. The number of amides is 1. The van der Waals surface area contributed by atoms with Crippen LogP contribution < -0.4 is 9.47 Å². The van der Waals surface area contributed by atoms with Crippen LogP contribution in [0.15, 0.2) is 42.5 Å². The molecular weight excluding hydrogens is 387 g/mol. The first-order valence-electron chi connectivity index (χ1n) is 9.95. The zero-order valence-corrected chi connectivity index (χ0v) is 17.5. The molecule has 1 amide bonds. The number of hydrogen-bond acceptors (Lipinski definition) is 5. The Morgan fingerprint density at radius 2 is 1.83 bits per heavy atom. The minimum atomic E-state index is -0.245. The molecule has 2 atom stereocenters. The van der Waals surface area contributed by atoms with Gasteiger partial charge in [-0.05, 0) is 49.7 Å². The van der Waals surface area contributed by atoms with Crippen molar-refractivity contribution in [3.05, 3.63) is 59.4 Å². The second kappa shape index (κ2) is 9.71. The van der Waals surface area contributed by atoms with Crippen LogP contribution in [0.4, 0.5) is 4.39 Å². The molecule has 1 aliphatic heterocycles. The largest absolute Gasteiger partial charge is 0.493 e. The van der Waals surface area contributed by atoms with Crippen molar-refractivity contribution in [3.8, 4) is 11.5 Å². The summed E-state index contributed by atoms with van der Waals surface area (Å²) in [5, 5.41) is 0. The molecule has 30 heavy (non-hydrogen) atoms. The summed E-state index contributed by atoms with van der Waals surface area (Å²) >= 11 is 0. The maximum absolute atomic E-state index is 13.1. The highest BCUT2D eigenvalue weighted by molar-refractivity contribution is 5.79. The van der Waals surface area contributed by atoms with Crippen molar-refractivity contribution in [3.63, 3.8) is 0 Å². The summed E-state index contributed by atoms with van der Waals surface area (Å²) in [6.07, 6.45) is 0.720. The highest BCUT2D eigenvalue weighted by Gasteiger charge is 2.32. The minimum absolute atomic E-state index is 0.0148. The van der Waals surface area contributed by atoms with Crippen LogP contribution in [0, 0.1) is 5.82 Å². The number of benzene rings is 2. The molecule has 3 rings (SSSR count). The monoisotopic (exact) mass is 414 g/mol. The average molecular weight is 414 g/mol. The Hall–Kier alpha value is -2.93. The number of carbonyl (C=O) groups is 2. The second-order valence-corrected chi connectivity index (χ2v) is 7.62. The molecule has 0 unspecified atom stereocenters. The van der Waals surface area contributed by atoms with Crippen molar-refractivity contribution in [2.45, 2.75) is 32.5 Å². The molecule has 0 radical (unpaired) electrons. The van der Waals surface area contributed by atoms with Crippen molar-refractivity contribution in [2.75, 3.05) is 26.8 Å². The number of piperazine rings is 1. The first kappa shape index (κ1) is 21.8. The molecule has 0 aromatic heterocycles. The highest BCUT2D eigenvalue weighted by atomic mass is 19.1. The number of aldehydes is 1. The summed E-state index contributed by atoms with van der Waals surface area (Å²) in [5.74, 6) is 0.477. The normalized spacial score (nSPS) is 19.4. The van der Waals surface area contributed by atoms with E-state index in [1.165, 1.54) is 19.2 Å². The van der Waals surface area contributed by atoms with Gasteiger partial charge in [-0.3, -0.25) is 14.5 Å².